The van der Waals surface area contributed by atoms with Gasteiger partial charge in [-0.1, -0.05) is 91.0 Å². The third kappa shape index (κ3) is 9.55. The number of nitrogens with two attached hydrogens (primary N) is 1. The lowest BCUT2D eigenvalue weighted by Gasteiger charge is -2.25. The first-order valence-corrected chi connectivity index (χ1v) is 13.5. The molecule has 0 radical (unpaired) electrons. The van der Waals surface area contributed by atoms with E-state index in [1.807, 2.05) is 42.5 Å². The molecule has 4 atom stereocenters. The molecule has 3 aromatic rings. The predicted molar refractivity (Wildman–Crippen MR) is 156 cm³/mol. The Balaban J connectivity index is 1.83. The number of carboxylic acid groups (broad SMARTS) is 1. The summed E-state index contributed by atoms with van der Waals surface area (Å²) in [4.78, 5) is 51.5. The molecule has 0 saturated heterocycles. The van der Waals surface area contributed by atoms with Crippen LogP contribution in [0.25, 0.3) is 0 Å². The Morgan fingerprint density at radius 1 is 0.600 bits per heavy atom. The Hall–Kier alpha value is -4.15. The Kier molecular flexibility index (Phi) is 11.7. The zero-order chi connectivity index (χ0) is 28.9. The number of hydrogen-bond donors (Lipinski definition) is 6. The average Bonchev–Trinajstić information content (AvgIpc) is 2.97. The molecule has 3 aromatic carbocycles. The fourth-order valence-electron chi connectivity index (χ4n) is 4.07. The van der Waals surface area contributed by atoms with E-state index in [0.717, 1.165) is 16.7 Å². The molecule has 210 valence electrons. The highest BCUT2D eigenvalue weighted by molar-refractivity contribution is 7.80. The van der Waals surface area contributed by atoms with Gasteiger partial charge in [0.25, 0.3) is 0 Å². The zero-order valence-corrected chi connectivity index (χ0v) is 22.8. The van der Waals surface area contributed by atoms with Crippen LogP contribution in [-0.4, -0.2) is 58.7 Å². The standard InChI is InChI=1S/C30H34N4O5S/c31-23(19-40)27(35)32-24(16-20-10-4-1-5-11-20)28(36)33-25(17-21-12-6-2-7-13-21)29(37)34-26(30(38)39)18-22-14-8-3-9-15-22/h1-15,23-26,40H,16-19,31H2,(H,32,35)(H,33,36)(H,34,37)(H,38,39). The summed E-state index contributed by atoms with van der Waals surface area (Å²) in [6, 6.07) is 22.8. The molecule has 0 fully saturated rings. The van der Waals surface area contributed by atoms with Crippen molar-refractivity contribution in [2.24, 2.45) is 5.73 Å². The van der Waals surface area contributed by atoms with Crippen molar-refractivity contribution >= 4 is 36.3 Å². The SMILES string of the molecule is NC(CS)C(=O)NC(Cc1ccccc1)C(=O)NC(Cc1ccccc1)C(=O)NC(Cc1ccccc1)C(=O)O. The Morgan fingerprint density at radius 2 is 0.925 bits per heavy atom. The van der Waals surface area contributed by atoms with E-state index in [0.29, 0.717) is 0 Å². The van der Waals surface area contributed by atoms with Crippen molar-refractivity contribution in [3.8, 4) is 0 Å². The van der Waals surface area contributed by atoms with E-state index < -0.39 is 47.9 Å². The van der Waals surface area contributed by atoms with E-state index in [1.54, 1.807) is 48.5 Å². The van der Waals surface area contributed by atoms with Gasteiger partial charge >= 0.3 is 5.97 Å². The number of carboxylic acids is 1. The van der Waals surface area contributed by atoms with Crippen LogP contribution in [0.2, 0.25) is 0 Å². The lowest BCUT2D eigenvalue weighted by Crippen LogP contribution is -2.58. The maximum absolute atomic E-state index is 13.5. The molecule has 40 heavy (non-hydrogen) atoms. The van der Waals surface area contributed by atoms with Crippen LogP contribution in [0.1, 0.15) is 16.7 Å². The zero-order valence-electron chi connectivity index (χ0n) is 21.9. The van der Waals surface area contributed by atoms with Gasteiger partial charge in [0, 0.05) is 25.0 Å². The molecule has 4 unspecified atom stereocenters. The van der Waals surface area contributed by atoms with E-state index in [-0.39, 0.29) is 25.0 Å². The molecule has 3 rings (SSSR count). The molecule has 0 aliphatic rings. The van der Waals surface area contributed by atoms with Crippen molar-refractivity contribution in [1.29, 1.82) is 0 Å². The topological polar surface area (TPSA) is 151 Å². The van der Waals surface area contributed by atoms with E-state index in [2.05, 4.69) is 28.6 Å². The van der Waals surface area contributed by atoms with Gasteiger partial charge < -0.3 is 26.8 Å². The molecule has 0 saturated carbocycles. The molecule has 0 heterocycles. The predicted octanol–water partition coefficient (Wildman–Crippen LogP) is 1.51. The fraction of sp³-hybridized carbons (Fsp3) is 0.267. The second-order valence-corrected chi connectivity index (χ2v) is 9.75. The van der Waals surface area contributed by atoms with Crippen molar-refractivity contribution in [2.75, 3.05) is 5.75 Å². The first-order chi connectivity index (χ1) is 19.3. The van der Waals surface area contributed by atoms with Gasteiger partial charge in [-0.15, -0.1) is 0 Å². The van der Waals surface area contributed by atoms with Crippen molar-refractivity contribution in [3.63, 3.8) is 0 Å². The normalized spacial score (nSPS) is 13.8. The minimum Gasteiger partial charge on any atom is -0.480 e. The van der Waals surface area contributed by atoms with Gasteiger partial charge in [-0.05, 0) is 16.7 Å². The Morgan fingerprint density at radius 3 is 1.27 bits per heavy atom. The Bertz CT molecular complexity index is 1260. The van der Waals surface area contributed by atoms with Crippen molar-refractivity contribution < 1.29 is 24.3 Å². The quantitative estimate of drug-likeness (QED) is 0.164. The van der Waals surface area contributed by atoms with E-state index in [9.17, 15) is 24.3 Å². The number of carbonyl (C=O) groups excluding carboxylic acids is 3. The van der Waals surface area contributed by atoms with E-state index >= 15 is 0 Å². The van der Waals surface area contributed by atoms with Gasteiger partial charge in [0.1, 0.15) is 18.1 Å². The smallest absolute Gasteiger partial charge is 0.326 e. The second-order valence-electron chi connectivity index (χ2n) is 9.38. The van der Waals surface area contributed by atoms with Crippen molar-refractivity contribution in [1.82, 2.24) is 16.0 Å². The summed E-state index contributed by atoms with van der Waals surface area (Å²) in [5.74, 6) is -2.92. The summed E-state index contributed by atoms with van der Waals surface area (Å²) in [7, 11) is 0. The molecule has 6 N–H and O–H groups in total. The molecular weight excluding hydrogens is 528 g/mol. The monoisotopic (exact) mass is 562 g/mol. The van der Waals surface area contributed by atoms with Gasteiger partial charge in [0.2, 0.25) is 17.7 Å². The number of nitrogens with one attached hydrogen (secondary N) is 3. The van der Waals surface area contributed by atoms with Crippen molar-refractivity contribution in [3.05, 3.63) is 108 Å². The van der Waals surface area contributed by atoms with Crippen LogP contribution >= 0.6 is 12.6 Å². The van der Waals surface area contributed by atoms with E-state index in [1.165, 1.54) is 0 Å². The third-order valence-electron chi connectivity index (χ3n) is 6.26. The molecule has 10 heteroatoms. The summed E-state index contributed by atoms with van der Waals surface area (Å²) in [5, 5.41) is 17.8. The molecule has 0 spiro atoms. The highest BCUT2D eigenvalue weighted by Crippen LogP contribution is 2.09. The average molecular weight is 563 g/mol. The summed E-state index contributed by atoms with van der Waals surface area (Å²) < 4.78 is 0. The largest absolute Gasteiger partial charge is 0.480 e. The molecular formula is C30H34N4O5S. The first-order valence-electron chi connectivity index (χ1n) is 12.9. The van der Waals surface area contributed by atoms with Gasteiger partial charge in [-0.3, -0.25) is 14.4 Å². The lowest BCUT2D eigenvalue weighted by molar-refractivity contribution is -0.142. The number of hydrogen-bond acceptors (Lipinski definition) is 6. The minimum atomic E-state index is -1.21. The van der Waals surface area contributed by atoms with Crippen LogP contribution < -0.4 is 21.7 Å². The molecule has 3 amide bonds. The summed E-state index contributed by atoms with van der Waals surface area (Å²) in [5.41, 5.74) is 8.11. The highest BCUT2D eigenvalue weighted by Gasteiger charge is 2.30. The van der Waals surface area contributed by atoms with Crippen LogP contribution in [0.3, 0.4) is 0 Å². The van der Waals surface area contributed by atoms with Gasteiger partial charge in [-0.25, -0.2) is 4.79 Å². The highest BCUT2D eigenvalue weighted by atomic mass is 32.1. The number of thiol groups is 1. The molecule has 0 bridgehead atoms. The van der Waals surface area contributed by atoms with Crippen LogP contribution in [0.5, 0.6) is 0 Å². The van der Waals surface area contributed by atoms with Crippen LogP contribution in [0, 0.1) is 0 Å². The van der Waals surface area contributed by atoms with Gasteiger partial charge in [0.05, 0.1) is 6.04 Å². The lowest BCUT2D eigenvalue weighted by atomic mass is 10.0. The molecule has 9 nitrogen and oxygen atoms in total. The van der Waals surface area contributed by atoms with Crippen LogP contribution in [0.15, 0.2) is 91.0 Å². The maximum Gasteiger partial charge on any atom is 0.326 e. The maximum atomic E-state index is 13.5. The summed E-state index contributed by atoms with van der Waals surface area (Å²) in [6.07, 6.45) is 0.337. The van der Waals surface area contributed by atoms with Crippen LogP contribution in [-0.2, 0) is 38.4 Å². The van der Waals surface area contributed by atoms with Crippen LogP contribution in [0.4, 0.5) is 0 Å². The van der Waals surface area contributed by atoms with E-state index in [4.69, 9.17) is 5.73 Å². The number of aliphatic carboxylic acids is 1. The minimum absolute atomic E-state index is 0.0716. The first kappa shape index (κ1) is 30.4. The number of carbonyl (C=O) groups is 4. The van der Waals surface area contributed by atoms with Gasteiger partial charge in [0.15, 0.2) is 0 Å². The third-order valence-corrected chi connectivity index (χ3v) is 6.66. The molecule has 0 aromatic heterocycles. The fourth-order valence-corrected chi connectivity index (χ4v) is 4.24. The molecule has 0 aliphatic carbocycles. The number of rotatable bonds is 14. The van der Waals surface area contributed by atoms with Crippen molar-refractivity contribution in [2.45, 2.75) is 43.4 Å². The molecule has 0 aliphatic heterocycles. The number of amides is 3. The second kappa shape index (κ2) is 15.4. The van der Waals surface area contributed by atoms with Gasteiger partial charge in [-0.2, -0.15) is 12.6 Å². The summed E-state index contributed by atoms with van der Waals surface area (Å²) >= 11 is 4.06. The number of benzene rings is 3. The Labute approximate surface area is 239 Å². The summed E-state index contributed by atoms with van der Waals surface area (Å²) in [6.45, 7) is 0.